The fourth-order valence-electron chi connectivity index (χ4n) is 2.54. The van der Waals surface area contributed by atoms with Crippen LogP contribution in [0.5, 0.6) is 5.75 Å². The predicted octanol–water partition coefficient (Wildman–Crippen LogP) is 4.66. The average Bonchev–Trinajstić information content (AvgIpc) is 2.63. The summed E-state index contributed by atoms with van der Waals surface area (Å²) in [6, 6.07) is 10.8. The molecule has 3 rings (SSSR count). The van der Waals surface area contributed by atoms with Crippen LogP contribution in [0.4, 0.5) is 0 Å². The van der Waals surface area contributed by atoms with Crippen LogP contribution in [0.2, 0.25) is 5.02 Å². The highest BCUT2D eigenvalue weighted by atomic mass is 79.9. The Bertz CT molecular complexity index is 1050. The minimum absolute atomic E-state index is 0.207. The lowest BCUT2D eigenvalue weighted by Gasteiger charge is -2.08. The lowest BCUT2D eigenvalue weighted by molar-refractivity contribution is 0.340. The highest BCUT2D eigenvalue weighted by Gasteiger charge is 2.09. The maximum absolute atomic E-state index is 12.8. The lowest BCUT2D eigenvalue weighted by atomic mass is 10.2. The highest BCUT2D eigenvalue weighted by molar-refractivity contribution is 9.10. The van der Waals surface area contributed by atoms with Crippen LogP contribution in [-0.2, 0) is 6.42 Å². The number of rotatable bonds is 5. The summed E-state index contributed by atoms with van der Waals surface area (Å²) in [5, 5.41) is 5.36. The van der Waals surface area contributed by atoms with E-state index in [1.165, 1.54) is 4.68 Å². The number of halogens is 2. The van der Waals surface area contributed by atoms with Crippen molar-refractivity contribution in [1.82, 2.24) is 9.66 Å². The summed E-state index contributed by atoms with van der Waals surface area (Å²) in [6.45, 7) is 4.38. The molecule has 0 amide bonds. The van der Waals surface area contributed by atoms with Gasteiger partial charge in [0.15, 0.2) is 0 Å². The summed E-state index contributed by atoms with van der Waals surface area (Å²) in [5.41, 5.74) is 1.22. The molecule has 0 N–H and O–H groups in total. The van der Waals surface area contributed by atoms with E-state index in [2.05, 4.69) is 26.0 Å². The van der Waals surface area contributed by atoms with E-state index in [1.54, 1.807) is 24.4 Å². The third-order valence-electron chi connectivity index (χ3n) is 3.77. The van der Waals surface area contributed by atoms with Crippen LogP contribution in [0, 0.1) is 0 Å². The maximum Gasteiger partial charge on any atom is 0.282 e. The number of hydrogen-bond donors (Lipinski definition) is 0. The van der Waals surface area contributed by atoms with Crippen LogP contribution in [0.3, 0.4) is 0 Å². The zero-order valence-corrected chi connectivity index (χ0v) is 16.7. The van der Waals surface area contributed by atoms with E-state index in [0.29, 0.717) is 40.5 Å². The third kappa shape index (κ3) is 3.81. The fourth-order valence-corrected chi connectivity index (χ4v) is 3.14. The minimum Gasteiger partial charge on any atom is -0.492 e. The third-order valence-corrected chi connectivity index (χ3v) is 4.56. The van der Waals surface area contributed by atoms with Gasteiger partial charge in [-0.25, -0.2) is 4.98 Å². The van der Waals surface area contributed by atoms with Gasteiger partial charge in [-0.2, -0.15) is 9.78 Å². The molecule has 0 atom stereocenters. The molecule has 0 aliphatic heterocycles. The summed E-state index contributed by atoms with van der Waals surface area (Å²) in [6.07, 6.45) is 2.18. The molecule has 5 nitrogen and oxygen atoms in total. The van der Waals surface area contributed by atoms with Gasteiger partial charge in [0.1, 0.15) is 11.6 Å². The second-order valence-corrected chi connectivity index (χ2v) is 6.85. The molecule has 0 fully saturated rings. The highest BCUT2D eigenvalue weighted by Crippen LogP contribution is 2.24. The van der Waals surface area contributed by atoms with E-state index in [-0.39, 0.29) is 5.56 Å². The summed E-state index contributed by atoms with van der Waals surface area (Å²) in [7, 11) is 0. The number of fused-ring (bicyclic) bond motifs is 1. The van der Waals surface area contributed by atoms with Gasteiger partial charge in [-0.3, -0.25) is 4.79 Å². The second kappa shape index (κ2) is 8.01. The number of aromatic nitrogens is 2. The molecule has 0 spiro atoms. The van der Waals surface area contributed by atoms with Crippen molar-refractivity contribution in [2.75, 3.05) is 6.61 Å². The van der Waals surface area contributed by atoms with E-state index in [4.69, 9.17) is 16.3 Å². The van der Waals surface area contributed by atoms with Crippen molar-refractivity contribution in [3.05, 3.63) is 67.6 Å². The first-order chi connectivity index (χ1) is 12.5. The van der Waals surface area contributed by atoms with Crippen LogP contribution in [0.1, 0.15) is 25.2 Å². The molecule has 0 saturated heterocycles. The van der Waals surface area contributed by atoms with E-state index < -0.39 is 0 Å². The topological polar surface area (TPSA) is 56.5 Å². The van der Waals surface area contributed by atoms with Gasteiger partial charge in [0.2, 0.25) is 0 Å². The molecule has 7 heteroatoms. The summed E-state index contributed by atoms with van der Waals surface area (Å²) in [5.74, 6) is 1.22. The van der Waals surface area contributed by atoms with Crippen molar-refractivity contribution in [3.63, 3.8) is 0 Å². The fraction of sp³-hybridized carbons (Fsp3) is 0.211. The SMILES string of the molecule is CCOc1ccc(C=Nn2c(CC)nc3ccc(Br)cc3c2=O)cc1Cl. The quantitative estimate of drug-likeness (QED) is 0.549. The van der Waals surface area contributed by atoms with Gasteiger partial charge >= 0.3 is 0 Å². The molecular formula is C19H17BrClN3O2. The van der Waals surface area contributed by atoms with Crippen LogP contribution in [0.25, 0.3) is 10.9 Å². The first-order valence-corrected chi connectivity index (χ1v) is 9.38. The Morgan fingerprint density at radius 3 is 2.77 bits per heavy atom. The van der Waals surface area contributed by atoms with Gasteiger partial charge in [-0.1, -0.05) is 34.5 Å². The largest absolute Gasteiger partial charge is 0.492 e. The van der Waals surface area contributed by atoms with Crippen LogP contribution in [0.15, 0.2) is 50.8 Å². The van der Waals surface area contributed by atoms with Crippen LogP contribution in [-0.4, -0.2) is 22.5 Å². The van der Waals surface area contributed by atoms with Gasteiger partial charge in [0, 0.05) is 10.9 Å². The average molecular weight is 435 g/mol. The van der Waals surface area contributed by atoms with E-state index >= 15 is 0 Å². The summed E-state index contributed by atoms with van der Waals surface area (Å²) >= 11 is 9.59. The van der Waals surface area contributed by atoms with Crippen molar-refractivity contribution in [3.8, 4) is 5.75 Å². The Labute approximate surface area is 164 Å². The number of aryl methyl sites for hydroxylation is 1. The zero-order chi connectivity index (χ0) is 18.7. The molecule has 134 valence electrons. The van der Waals surface area contributed by atoms with Crippen LogP contribution >= 0.6 is 27.5 Å². The molecule has 0 radical (unpaired) electrons. The second-order valence-electron chi connectivity index (χ2n) is 5.53. The maximum atomic E-state index is 12.8. The number of hydrogen-bond acceptors (Lipinski definition) is 4. The van der Waals surface area contributed by atoms with Crippen molar-refractivity contribution in [1.29, 1.82) is 0 Å². The van der Waals surface area contributed by atoms with Crippen molar-refractivity contribution >= 4 is 44.6 Å². The van der Waals surface area contributed by atoms with E-state index in [0.717, 1.165) is 10.0 Å². The molecule has 0 aliphatic rings. The Hall–Kier alpha value is -2.18. The van der Waals surface area contributed by atoms with Gasteiger partial charge in [-0.05, 0) is 48.9 Å². The molecule has 2 aromatic carbocycles. The van der Waals surface area contributed by atoms with Gasteiger partial charge in [0.05, 0.1) is 28.7 Å². The molecular weight excluding hydrogens is 418 g/mol. The Morgan fingerprint density at radius 1 is 1.27 bits per heavy atom. The van der Waals surface area contributed by atoms with Crippen molar-refractivity contribution < 1.29 is 4.74 Å². The van der Waals surface area contributed by atoms with Crippen molar-refractivity contribution in [2.24, 2.45) is 5.10 Å². The molecule has 0 bridgehead atoms. The van der Waals surface area contributed by atoms with Gasteiger partial charge < -0.3 is 4.74 Å². The predicted molar refractivity (Wildman–Crippen MR) is 109 cm³/mol. The number of nitrogens with zero attached hydrogens (tertiary/aromatic N) is 3. The summed E-state index contributed by atoms with van der Waals surface area (Å²) in [4.78, 5) is 17.4. The first kappa shape index (κ1) is 18.6. The summed E-state index contributed by atoms with van der Waals surface area (Å²) < 4.78 is 7.58. The molecule has 0 saturated carbocycles. The lowest BCUT2D eigenvalue weighted by Crippen LogP contribution is -2.22. The smallest absolute Gasteiger partial charge is 0.282 e. The molecule has 26 heavy (non-hydrogen) atoms. The molecule has 3 aromatic rings. The molecule has 1 heterocycles. The van der Waals surface area contributed by atoms with Gasteiger partial charge in [0.25, 0.3) is 5.56 Å². The molecule has 1 aromatic heterocycles. The Kier molecular flexibility index (Phi) is 5.74. The minimum atomic E-state index is -0.207. The number of benzene rings is 2. The van der Waals surface area contributed by atoms with Gasteiger partial charge in [-0.15, -0.1) is 0 Å². The molecule has 0 aliphatic carbocycles. The number of ether oxygens (including phenoxy) is 1. The molecule has 0 unspecified atom stereocenters. The van der Waals surface area contributed by atoms with Crippen molar-refractivity contribution in [2.45, 2.75) is 20.3 Å². The zero-order valence-electron chi connectivity index (χ0n) is 14.4. The standard InChI is InChI=1S/C19H17BrClN3O2/c1-3-18-23-16-7-6-13(20)10-14(16)19(25)24(18)22-11-12-5-8-17(26-4-2)15(21)9-12/h5-11H,3-4H2,1-2H3. The van der Waals surface area contributed by atoms with E-state index in [9.17, 15) is 4.79 Å². The van der Waals surface area contributed by atoms with Crippen LogP contribution < -0.4 is 10.3 Å². The van der Waals surface area contributed by atoms with E-state index in [1.807, 2.05) is 32.0 Å². The normalized spacial score (nSPS) is 11.4. The Morgan fingerprint density at radius 2 is 2.08 bits per heavy atom. The first-order valence-electron chi connectivity index (χ1n) is 8.21. The Balaban J connectivity index is 2.05. The monoisotopic (exact) mass is 433 g/mol.